The van der Waals surface area contributed by atoms with Gasteiger partial charge in [0.25, 0.3) is 0 Å². The molecule has 1 aromatic heterocycles. The number of aliphatic carboxylic acids is 1. The van der Waals surface area contributed by atoms with Gasteiger partial charge in [0.1, 0.15) is 0 Å². The van der Waals surface area contributed by atoms with Crippen molar-refractivity contribution in [3.05, 3.63) is 22.4 Å². The van der Waals surface area contributed by atoms with Crippen LogP contribution in [0.1, 0.15) is 44.0 Å². The molecule has 1 aliphatic heterocycles. The van der Waals surface area contributed by atoms with Crippen molar-refractivity contribution in [3.63, 3.8) is 0 Å². The van der Waals surface area contributed by atoms with E-state index in [9.17, 15) is 9.90 Å². The van der Waals surface area contributed by atoms with Crippen molar-refractivity contribution in [1.82, 2.24) is 4.90 Å². The average Bonchev–Trinajstić information content (AvgIpc) is 2.98. The fraction of sp³-hybridized carbons (Fsp3) is 0.643. The van der Waals surface area contributed by atoms with E-state index in [-0.39, 0.29) is 0 Å². The first-order chi connectivity index (χ1) is 8.59. The fourth-order valence-electron chi connectivity index (χ4n) is 2.91. The Balaban J connectivity index is 2.09. The Morgan fingerprint density at radius 2 is 2.44 bits per heavy atom. The highest BCUT2D eigenvalue weighted by molar-refractivity contribution is 7.10. The van der Waals surface area contributed by atoms with E-state index in [1.165, 1.54) is 4.88 Å². The largest absolute Gasteiger partial charge is 0.481 e. The van der Waals surface area contributed by atoms with Crippen LogP contribution in [0.25, 0.3) is 0 Å². The van der Waals surface area contributed by atoms with E-state index in [2.05, 4.69) is 36.3 Å². The Labute approximate surface area is 112 Å². The van der Waals surface area contributed by atoms with Crippen molar-refractivity contribution < 1.29 is 9.90 Å². The second-order valence-electron chi connectivity index (χ2n) is 5.25. The topological polar surface area (TPSA) is 40.5 Å². The molecule has 1 N–H and O–H groups in total. The highest BCUT2D eigenvalue weighted by atomic mass is 32.1. The van der Waals surface area contributed by atoms with Gasteiger partial charge in [0.2, 0.25) is 0 Å². The molecule has 0 amide bonds. The third-order valence-electron chi connectivity index (χ3n) is 4.07. The van der Waals surface area contributed by atoms with Gasteiger partial charge in [-0.15, -0.1) is 11.3 Å². The molecule has 0 aliphatic carbocycles. The van der Waals surface area contributed by atoms with Crippen LogP contribution in [0.2, 0.25) is 0 Å². The molecule has 4 heteroatoms. The summed E-state index contributed by atoms with van der Waals surface area (Å²) in [5.41, 5.74) is -0.514. The van der Waals surface area contributed by atoms with Gasteiger partial charge in [0.05, 0.1) is 5.41 Å². The van der Waals surface area contributed by atoms with E-state index in [4.69, 9.17) is 0 Å². The smallest absolute Gasteiger partial charge is 0.310 e. The zero-order valence-corrected chi connectivity index (χ0v) is 11.9. The predicted octanol–water partition coefficient (Wildman–Crippen LogP) is 3.39. The number of hydrogen-bond acceptors (Lipinski definition) is 3. The lowest BCUT2D eigenvalue weighted by molar-refractivity contribution is -0.148. The molecule has 1 fully saturated rings. The van der Waals surface area contributed by atoms with Gasteiger partial charge >= 0.3 is 5.97 Å². The van der Waals surface area contributed by atoms with E-state index >= 15 is 0 Å². The zero-order valence-electron chi connectivity index (χ0n) is 11.1. The first-order valence-corrected chi connectivity index (χ1v) is 7.48. The van der Waals surface area contributed by atoms with Crippen molar-refractivity contribution >= 4 is 17.3 Å². The number of nitrogens with zero attached hydrogens (tertiary/aromatic N) is 1. The van der Waals surface area contributed by atoms with Gasteiger partial charge in [-0.1, -0.05) is 19.4 Å². The summed E-state index contributed by atoms with van der Waals surface area (Å²) < 4.78 is 0. The van der Waals surface area contributed by atoms with Gasteiger partial charge in [-0.3, -0.25) is 9.69 Å². The molecule has 100 valence electrons. The van der Waals surface area contributed by atoms with E-state index < -0.39 is 11.4 Å². The quantitative estimate of drug-likeness (QED) is 0.889. The van der Waals surface area contributed by atoms with Gasteiger partial charge in [-0.25, -0.2) is 0 Å². The number of carbonyl (C=O) groups is 1. The fourth-order valence-corrected chi connectivity index (χ4v) is 3.73. The lowest BCUT2D eigenvalue weighted by atomic mass is 9.83. The molecule has 1 aromatic rings. The first-order valence-electron chi connectivity index (χ1n) is 6.60. The van der Waals surface area contributed by atoms with Crippen LogP contribution in [0.4, 0.5) is 0 Å². The summed E-state index contributed by atoms with van der Waals surface area (Å²) in [5.74, 6) is -0.620. The minimum absolute atomic E-state index is 0.336. The Bertz CT molecular complexity index is 404. The van der Waals surface area contributed by atoms with E-state index in [0.29, 0.717) is 12.6 Å². The zero-order chi connectivity index (χ0) is 13.2. The lowest BCUT2D eigenvalue weighted by Gasteiger charge is -2.27. The van der Waals surface area contributed by atoms with Crippen LogP contribution in [0, 0.1) is 5.41 Å². The molecular weight excluding hydrogens is 246 g/mol. The second kappa shape index (κ2) is 5.41. The van der Waals surface area contributed by atoms with Crippen molar-refractivity contribution in [1.29, 1.82) is 0 Å². The maximum atomic E-state index is 11.5. The third kappa shape index (κ3) is 2.45. The van der Waals surface area contributed by atoms with Gasteiger partial charge in [-0.2, -0.15) is 0 Å². The standard InChI is InChI=1S/C14H21NO2S/c1-3-6-14(13(16)17)7-8-15(10-14)11(2)12-5-4-9-18-12/h4-5,9,11H,3,6-8,10H2,1-2H3,(H,16,17). The van der Waals surface area contributed by atoms with Crippen molar-refractivity contribution in [2.75, 3.05) is 13.1 Å². The maximum Gasteiger partial charge on any atom is 0.310 e. The summed E-state index contributed by atoms with van der Waals surface area (Å²) in [6, 6.07) is 4.53. The second-order valence-corrected chi connectivity index (χ2v) is 6.23. The molecule has 18 heavy (non-hydrogen) atoms. The van der Waals surface area contributed by atoms with Gasteiger partial charge in [0.15, 0.2) is 0 Å². The minimum atomic E-state index is -0.620. The molecule has 0 bridgehead atoms. The number of likely N-dealkylation sites (tertiary alicyclic amines) is 1. The van der Waals surface area contributed by atoms with Gasteiger partial charge < -0.3 is 5.11 Å². The van der Waals surface area contributed by atoms with Crippen LogP contribution in [-0.4, -0.2) is 29.1 Å². The summed E-state index contributed by atoms with van der Waals surface area (Å²) in [4.78, 5) is 15.2. The van der Waals surface area contributed by atoms with Crippen LogP contribution >= 0.6 is 11.3 Å². The predicted molar refractivity (Wildman–Crippen MR) is 73.9 cm³/mol. The monoisotopic (exact) mass is 267 g/mol. The first kappa shape index (κ1) is 13.6. The molecular formula is C14H21NO2S. The summed E-state index contributed by atoms with van der Waals surface area (Å²) in [6.45, 7) is 5.83. The van der Waals surface area contributed by atoms with Crippen LogP contribution in [0.15, 0.2) is 17.5 Å². The van der Waals surface area contributed by atoms with Crippen LogP contribution in [0.5, 0.6) is 0 Å². The third-order valence-corrected chi connectivity index (χ3v) is 5.11. The molecule has 1 aliphatic rings. The van der Waals surface area contributed by atoms with Crippen LogP contribution in [-0.2, 0) is 4.79 Å². The Morgan fingerprint density at radius 3 is 3.00 bits per heavy atom. The highest BCUT2D eigenvalue weighted by Crippen LogP contribution is 2.39. The van der Waals surface area contributed by atoms with E-state index in [1.807, 2.05) is 0 Å². The lowest BCUT2D eigenvalue weighted by Crippen LogP contribution is -2.35. The maximum absolute atomic E-state index is 11.5. The molecule has 2 heterocycles. The highest BCUT2D eigenvalue weighted by Gasteiger charge is 2.45. The number of carboxylic acids is 1. The van der Waals surface area contributed by atoms with Crippen LogP contribution in [0.3, 0.4) is 0 Å². The molecule has 3 nitrogen and oxygen atoms in total. The Morgan fingerprint density at radius 1 is 1.67 bits per heavy atom. The molecule has 2 atom stereocenters. The normalized spacial score (nSPS) is 26.3. The van der Waals surface area contributed by atoms with Crippen molar-refractivity contribution in [2.24, 2.45) is 5.41 Å². The summed E-state index contributed by atoms with van der Waals surface area (Å²) >= 11 is 1.75. The molecule has 0 saturated carbocycles. The summed E-state index contributed by atoms with van der Waals surface area (Å²) in [7, 11) is 0. The van der Waals surface area contributed by atoms with Crippen LogP contribution < -0.4 is 0 Å². The summed E-state index contributed by atoms with van der Waals surface area (Å²) in [6.07, 6.45) is 2.51. The molecule has 1 saturated heterocycles. The molecule has 2 rings (SSSR count). The number of hydrogen-bond donors (Lipinski definition) is 1. The van der Waals surface area contributed by atoms with Gasteiger partial charge in [0, 0.05) is 17.5 Å². The van der Waals surface area contributed by atoms with Crippen molar-refractivity contribution in [3.8, 4) is 0 Å². The van der Waals surface area contributed by atoms with E-state index in [0.717, 1.165) is 25.8 Å². The number of rotatable bonds is 5. The average molecular weight is 267 g/mol. The van der Waals surface area contributed by atoms with E-state index in [1.54, 1.807) is 11.3 Å². The molecule has 2 unspecified atom stereocenters. The van der Waals surface area contributed by atoms with Gasteiger partial charge in [-0.05, 0) is 37.8 Å². The minimum Gasteiger partial charge on any atom is -0.481 e. The number of carboxylic acid groups (broad SMARTS) is 1. The molecule has 0 spiro atoms. The molecule has 0 aromatic carbocycles. The number of thiophene rings is 1. The summed E-state index contributed by atoms with van der Waals surface area (Å²) in [5, 5.41) is 11.6. The van der Waals surface area contributed by atoms with Crippen molar-refractivity contribution in [2.45, 2.75) is 39.2 Å². The SMILES string of the molecule is CCCC1(C(=O)O)CCN(C(C)c2cccs2)C1. The Kier molecular flexibility index (Phi) is 4.07. The molecule has 0 radical (unpaired) electrons. The Hall–Kier alpha value is -0.870.